The Labute approximate surface area is 169 Å². The second kappa shape index (κ2) is 8.26. The van der Waals surface area contributed by atoms with E-state index >= 15 is 0 Å². The summed E-state index contributed by atoms with van der Waals surface area (Å²) in [7, 11) is 3.40. The number of hydrogen-bond donors (Lipinski definition) is 2. The summed E-state index contributed by atoms with van der Waals surface area (Å²) >= 11 is 0. The molecule has 152 valence electrons. The van der Waals surface area contributed by atoms with Crippen molar-refractivity contribution in [3.05, 3.63) is 47.7 Å². The van der Waals surface area contributed by atoms with Gasteiger partial charge in [0.15, 0.2) is 0 Å². The number of carbonyl (C=O) groups is 2. The number of rotatable bonds is 6. The molecular formula is C22H25N3O4. The molecule has 29 heavy (non-hydrogen) atoms. The quantitative estimate of drug-likeness (QED) is 0.606. The van der Waals surface area contributed by atoms with Gasteiger partial charge in [0.1, 0.15) is 5.75 Å². The van der Waals surface area contributed by atoms with Crippen molar-refractivity contribution in [3.8, 4) is 5.75 Å². The summed E-state index contributed by atoms with van der Waals surface area (Å²) in [6.07, 6.45) is 0. The molecule has 2 aromatic carbocycles. The van der Waals surface area contributed by atoms with E-state index in [1.165, 1.54) is 14.0 Å². The Morgan fingerprint density at radius 3 is 2.45 bits per heavy atom. The Balaban J connectivity index is 2.37. The van der Waals surface area contributed by atoms with Crippen LogP contribution in [-0.4, -0.2) is 30.2 Å². The molecule has 0 atom stereocenters. The maximum Gasteiger partial charge on any atom is 0.340 e. The maximum atomic E-state index is 12.8. The molecule has 2 N–H and O–H groups in total. The maximum absolute atomic E-state index is 12.8. The molecule has 0 bridgehead atoms. The van der Waals surface area contributed by atoms with Crippen molar-refractivity contribution < 1.29 is 19.1 Å². The number of benzene rings is 2. The number of aromatic nitrogens is 1. The van der Waals surface area contributed by atoms with Crippen LogP contribution >= 0.6 is 0 Å². The van der Waals surface area contributed by atoms with Crippen LogP contribution < -0.4 is 15.4 Å². The van der Waals surface area contributed by atoms with Gasteiger partial charge >= 0.3 is 5.97 Å². The molecule has 1 heterocycles. The Hall–Kier alpha value is -3.48. The molecule has 0 radical (unpaired) electrons. The van der Waals surface area contributed by atoms with Gasteiger partial charge in [-0.25, -0.2) is 4.79 Å². The van der Waals surface area contributed by atoms with Crippen molar-refractivity contribution in [2.75, 3.05) is 24.4 Å². The lowest BCUT2D eigenvalue weighted by Gasteiger charge is -2.16. The minimum atomic E-state index is -0.443. The zero-order valence-corrected chi connectivity index (χ0v) is 17.3. The van der Waals surface area contributed by atoms with Gasteiger partial charge in [-0.2, -0.15) is 0 Å². The van der Waals surface area contributed by atoms with E-state index in [4.69, 9.17) is 9.47 Å². The first-order valence-electron chi connectivity index (χ1n) is 9.35. The van der Waals surface area contributed by atoms with Crippen molar-refractivity contribution >= 4 is 39.8 Å². The number of ether oxygens (including phenoxy) is 2. The molecule has 0 unspecified atom stereocenters. The molecule has 1 aromatic heterocycles. The van der Waals surface area contributed by atoms with Crippen LogP contribution in [0.2, 0.25) is 0 Å². The van der Waals surface area contributed by atoms with E-state index in [0.29, 0.717) is 22.4 Å². The molecule has 7 nitrogen and oxygen atoms in total. The van der Waals surface area contributed by atoms with Gasteiger partial charge in [-0.15, -0.1) is 0 Å². The van der Waals surface area contributed by atoms with Crippen LogP contribution in [0.1, 0.15) is 29.9 Å². The fourth-order valence-corrected chi connectivity index (χ4v) is 3.44. The van der Waals surface area contributed by atoms with Crippen molar-refractivity contribution in [2.45, 2.75) is 20.8 Å². The van der Waals surface area contributed by atoms with Crippen LogP contribution in [0.25, 0.3) is 10.9 Å². The van der Waals surface area contributed by atoms with E-state index in [0.717, 1.165) is 22.6 Å². The van der Waals surface area contributed by atoms with E-state index in [1.807, 2.05) is 54.9 Å². The molecule has 0 spiro atoms. The third-order valence-electron chi connectivity index (χ3n) is 4.77. The molecule has 0 fully saturated rings. The summed E-state index contributed by atoms with van der Waals surface area (Å²) in [5, 5.41) is 6.79. The van der Waals surface area contributed by atoms with Gasteiger partial charge in [-0.3, -0.25) is 4.79 Å². The van der Waals surface area contributed by atoms with Gasteiger partial charge in [-0.05, 0) is 26.0 Å². The summed E-state index contributed by atoms with van der Waals surface area (Å²) in [4.78, 5) is 24.7. The predicted octanol–water partition coefficient (Wildman–Crippen LogP) is 4.37. The Bertz CT molecular complexity index is 1070. The SMILES string of the molecule is CCOC(=O)c1c(C)n(C)c2c(Nc3ccccc3)cc(OC)c(NC(C)=O)c12. The first kappa shape index (κ1) is 20.3. The van der Waals surface area contributed by atoms with E-state index in [-0.39, 0.29) is 12.5 Å². The number of carbonyl (C=O) groups excluding carboxylic acids is 2. The van der Waals surface area contributed by atoms with Gasteiger partial charge < -0.3 is 24.7 Å². The lowest BCUT2D eigenvalue weighted by Crippen LogP contribution is -2.11. The highest BCUT2D eigenvalue weighted by atomic mass is 16.5. The van der Waals surface area contributed by atoms with Gasteiger partial charge in [0.05, 0.1) is 36.2 Å². The highest BCUT2D eigenvalue weighted by Crippen LogP contribution is 2.43. The molecule has 0 saturated carbocycles. The van der Waals surface area contributed by atoms with Crippen molar-refractivity contribution in [1.29, 1.82) is 0 Å². The highest BCUT2D eigenvalue weighted by Gasteiger charge is 2.27. The van der Waals surface area contributed by atoms with Gasteiger partial charge in [-0.1, -0.05) is 18.2 Å². The number of hydrogen-bond acceptors (Lipinski definition) is 5. The summed E-state index contributed by atoms with van der Waals surface area (Å²) in [6, 6.07) is 11.5. The molecule has 1 amide bonds. The molecule has 3 aromatic rings. The van der Waals surface area contributed by atoms with E-state index in [1.54, 1.807) is 6.92 Å². The largest absolute Gasteiger partial charge is 0.494 e. The molecule has 7 heteroatoms. The van der Waals surface area contributed by atoms with Crippen molar-refractivity contribution in [3.63, 3.8) is 0 Å². The minimum Gasteiger partial charge on any atom is -0.494 e. The summed E-state index contributed by atoms with van der Waals surface area (Å²) in [6.45, 7) is 5.28. The van der Waals surface area contributed by atoms with Gasteiger partial charge in [0.25, 0.3) is 0 Å². The number of esters is 1. The number of anilines is 3. The van der Waals surface area contributed by atoms with E-state index in [9.17, 15) is 9.59 Å². The average molecular weight is 395 g/mol. The normalized spacial score (nSPS) is 10.7. The third kappa shape index (κ3) is 3.76. The smallest absolute Gasteiger partial charge is 0.340 e. The molecule has 0 saturated heterocycles. The van der Waals surface area contributed by atoms with Crippen LogP contribution in [-0.2, 0) is 16.6 Å². The number of para-hydroxylation sites is 1. The molecule has 0 aliphatic rings. The van der Waals surface area contributed by atoms with Crippen LogP contribution in [0.5, 0.6) is 5.75 Å². The van der Waals surface area contributed by atoms with Crippen LogP contribution in [0, 0.1) is 6.92 Å². The van der Waals surface area contributed by atoms with E-state index in [2.05, 4.69) is 10.6 Å². The summed E-state index contributed by atoms with van der Waals surface area (Å²) in [5.41, 5.74) is 3.98. The van der Waals surface area contributed by atoms with Crippen molar-refractivity contribution in [1.82, 2.24) is 4.57 Å². The number of nitrogens with one attached hydrogen (secondary N) is 2. The monoisotopic (exact) mass is 395 g/mol. The predicted molar refractivity (Wildman–Crippen MR) is 114 cm³/mol. The van der Waals surface area contributed by atoms with Crippen LogP contribution in [0.3, 0.4) is 0 Å². The molecule has 3 rings (SSSR count). The lowest BCUT2D eigenvalue weighted by atomic mass is 10.1. The highest BCUT2D eigenvalue weighted by molar-refractivity contribution is 6.17. The zero-order chi connectivity index (χ0) is 21.1. The van der Waals surface area contributed by atoms with E-state index < -0.39 is 5.97 Å². The van der Waals surface area contributed by atoms with Crippen LogP contribution in [0.4, 0.5) is 17.1 Å². The standard InChI is InChI=1S/C22H25N3O4/c1-6-29-22(27)18-13(2)25(4)21-16(24-15-10-8-7-9-11-15)12-17(28-5)20(19(18)21)23-14(3)26/h7-12,24H,6H2,1-5H3,(H,23,26). The summed E-state index contributed by atoms with van der Waals surface area (Å²) < 4.78 is 12.8. The Morgan fingerprint density at radius 2 is 1.86 bits per heavy atom. The molecule has 0 aliphatic carbocycles. The number of fused-ring (bicyclic) bond motifs is 1. The van der Waals surface area contributed by atoms with Crippen LogP contribution in [0.15, 0.2) is 36.4 Å². The second-order valence-electron chi connectivity index (χ2n) is 6.64. The number of aryl methyl sites for hydroxylation is 1. The average Bonchev–Trinajstić information content (AvgIpc) is 2.96. The first-order chi connectivity index (χ1) is 13.9. The van der Waals surface area contributed by atoms with Gasteiger partial charge in [0, 0.05) is 36.8 Å². The number of nitrogens with zero attached hydrogens (tertiary/aromatic N) is 1. The molecule has 0 aliphatic heterocycles. The second-order valence-corrected chi connectivity index (χ2v) is 6.64. The third-order valence-corrected chi connectivity index (χ3v) is 4.77. The van der Waals surface area contributed by atoms with Crippen molar-refractivity contribution in [2.24, 2.45) is 7.05 Å². The lowest BCUT2D eigenvalue weighted by molar-refractivity contribution is -0.114. The Kier molecular flexibility index (Phi) is 5.77. The fourth-order valence-electron chi connectivity index (χ4n) is 3.44. The van der Waals surface area contributed by atoms with Gasteiger partial charge in [0.2, 0.25) is 5.91 Å². The minimum absolute atomic E-state index is 0.253. The zero-order valence-electron chi connectivity index (χ0n) is 17.3. The topological polar surface area (TPSA) is 81.6 Å². The number of amides is 1. The molecular weight excluding hydrogens is 370 g/mol. The summed E-state index contributed by atoms with van der Waals surface area (Å²) in [5.74, 6) is -0.256. The fraction of sp³-hybridized carbons (Fsp3) is 0.273. The Morgan fingerprint density at radius 1 is 1.17 bits per heavy atom. The number of methoxy groups -OCH3 is 1. The first-order valence-corrected chi connectivity index (χ1v) is 9.35.